The number of benzene rings is 3. The zero-order valence-electron chi connectivity index (χ0n) is 19.8. The molecule has 5 rings (SSSR count). The molecule has 3 aromatic carbocycles. The quantitative estimate of drug-likeness (QED) is 0.427. The molecule has 1 fully saturated rings. The van der Waals surface area contributed by atoms with Crippen LogP contribution in [-0.2, 0) is 6.54 Å². The standard InChI is InChI=1S/C27H27ClN4O3/c1-29-12-14-30(15-13-29)23-16-20(28)17-24-25(23)26(33)32(21-8-10-22(35-2)11-9-21)27(34)31(24)18-19-6-4-3-5-7-19/h3-11,16-17H,12-15,18H2,1-2H3. The fourth-order valence-corrected chi connectivity index (χ4v) is 4.81. The molecule has 0 N–H and O–H groups in total. The topological polar surface area (TPSA) is 59.7 Å². The van der Waals surface area contributed by atoms with Crippen LogP contribution >= 0.6 is 11.6 Å². The van der Waals surface area contributed by atoms with Gasteiger partial charge in [-0.2, -0.15) is 0 Å². The molecule has 1 aliphatic heterocycles. The Hall–Kier alpha value is -3.55. The van der Waals surface area contributed by atoms with Crippen LogP contribution in [0.25, 0.3) is 16.6 Å². The number of ether oxygens (including phenoxy) is 1. The van der Waals surface area contributed by atoms with E-state index in [2.05, 4.69) is 16.8 Å². The second-order valence-electron chi connectivity index (χ2n) is 8.80. The van der Waals surface area contributed by atoms with Gasteiger partial charge in [0.1, 0.15) is 5.75 Å². The summed E-state index contributed by atoms with van der Waals surface area (Å²) in [7, 11) is 3.66. The monoisotopic (exact) mass is 490 g/mol. The van der Waals surface area contributed by atoms with Crippen LogP contribution in [-0.4, -0.2) is 54.4 Å². The van der Waals surface area contributed by atoms with E-state index in [9.17, 15) is 9.59 Å². The molecule has 0 amide bonds. The van der Waals surface area contributed by atoms with Gasteiger partial charge in [0.2, 0.25) is 0 Å². The number of aromatic nitrogens is 2. The predicted octanol–water partition coefficient (Wildman–Crippen LogP) is 3.61. The molecule has 0 spiro atoms. The third kappa shape index (κ3) is 4.45. The van der Waals surface area contributed by atoms with Crippen LogP contribution < -0.4 is 20.9 Å². The first kappa shape index (κ1) is 23.2. The van der Waals surface area contributed by atoms with E-state index < -0.39 is 5.69 Å². The molecule has 0 saturated carbocycles. The molecule has 7 nitrogen and oxygen atoms in total. The van der Waals surface area contributed by atoms with E-state index in [1.807, 2.05) is 36.4 Å². The molecule has 2 heterocycles. The Bertz CT molecular complexity index is 1470. The average Bonchev–Trinajstić information content (AvgIpc) is 2.87. The largest absolute Gasteiger partial charge is 0.497 e. The van der Waals surface area contributed by atoms with Crippen LogP contribution in [0.1, 0.15) is 5.56 Å². The molecular formula is C27H27ClN4O3. The van der Waals surface area contributed by atoms with Crippen molar-refractivity contribution in [3.05, 3.63) is 98.2 Å². The Balaban J connectivity index is 1.81. The summed E-state index contributed by atoms with van der Waals surface area (Å²) in [5.41, 5.74) is 1.97. The van der Waals surface area contributed by atoms with Crippen molar-refractivity contribution < 1.29 is 4.74 Å². The zero-order valence-corrected chi connectivity index (χ0v) is 20.5. The molecule has 8 heteroatoms. The van der Waals surface area contributed by atoms with E-state index in [1.165, 1.54) is 4.57 Å². The first-order valence-electron chi connectivity index (χ1n) is 11.6. The van der Waals surface area contributed by atoms with Crippen molar-refractivity contribution in [2.24, 2.45) is 0 Å². The fourth-order valence-electron chi connectivity index (χ4n) is 4.61. The molecule has 0 atom stereocenters. The highest BCUT2D eigenvalue weighted by Crippen LogP contribution is 2.30. The van der Waals surface area contributed by atoms with Crippen molar-refractivity contribution in [2.75, 3.05) is 45.2 Å². The molecule has 35 heavy (non-hydrogen) atoms. The summed E-state index contributed by atoms with van der Waals surface area (Å²) in [6.07, 6.45) is 0. The van der Waals surface area contributed by atoms with Gasteiger partial charge in [0.25, 0.3) is 5.56 Å². The second-order valence-corrected chi connectivity index (χ2v) is 9.24. The Kier molecular flexibility index (Phi) is 6.36. The number of likely N-dealkylation sites (N-methyl/N-ethyl adjacent to an activating group) is 1. The van der Waals surface area contributed by atoms with Crippen LogP contribution in [0.15, 0.2) is 76.3 Å². The predicted molar refractivity (Wildman–Crippen MR) is 141 cm³/mol. The lowest BCUT2D eigenvalue weighted by Crippen LogP contribution is -2.45. The van der Waals surface area contributed by atoms with Crippen molar-refractivity contribution >= 4 is 28.2 Å². The number of rotatable bonds is 5. The summed E-state index contributed by atoms with van der Waals surface area (Å²) in [6, 6.07) is 20.2. The van der Waals surface area contributed by atoms with Gasteiger partial charge in [-0.3, -0.25) is 9.36 Å². The lowest BCUT2D eigenvalue weighted by Gasteiger charge is -2.34. The number of piperazine rings is 1. The number of nitrogens with zero attached hydrogens (tertiary/aromatic N) is 4. The third-order valence-electron chi connectivity index (χ3n) is 6.55. The smallest absolute Gasteiger partial charge is 0.336 e. The number of hydrogen-bond donors (Lipinski definition) is 0. The van der Waals surface area contributed by atoms with E-state index in [0.29, 0.717) is 33.9 Å². The minimum absolute atomic E-state index is 0.315. The lowest BCUT2D eigenvalue weighted by molar-refractivity contribution is 0.313. The first-order chi connectivity index (χ1) is 17.0. The fraction of sp³-hybridized carbons (Fsp3) is 0.259. The molecule has 1 aromatic heterocycles. The molecule has 0 aliphatic carbocycles. The van der Waals surface area contributed by atoms with Crippen LogP contribution in [0.4, 0.5) is 5.69 Å². The third-order valence-corrected chi connectivity index (χ3v) is 6.77. The van der Waals surface area contributed by atoms with Gasteiger partial charge >= 0.3 is 5.69 Å². The van der Waals surface area contributed by atoms with Crippen LogP contribution in [0.3, 0.4) is 0 Å². The van der Waals surface area contributed by atoms with Crippen LogP contribution in [0.2, 0.25) is 5.02 Å². The van der Waals surface area contributed by atoms with Crippen molar-refractivity contribution in [1.82, 2.24) is 14.0 Å². The van der Waals surface area contributed by atoms with E-state index in [-0.39, 0.29) is 5.56 Å². The molecule has 4 aromatic rings. The molecule has 0 radical (unpaired) electrons. The van der Waals surface area contributed by atoms with E-state index in [0.717, 1.165) is 37.4 Å². The highest BCUT2D eigenvalue weighted by atomic mass is 35.5. The van der Waals surface area contributed by atoms with Crippen molar-refractivity contribution in [1.29, 1.82) is 0 Å². The summed E-state index contributed by atoms with van der Waals surface area (Å²) in [4.78, 5) is 32.3. The summed E-state index contributed by atoms with van der Waals surface area (Å²) in [5.74, 6) is 0.650. The highest BCUT2D eigenvalue weighted by molar-refractivity contribution is 6.31. The SMILES string of the molecule is COc1ccc(-n2c(=O)c3c(N4CCN(C)CC4)cc(Cl)cc3n(Cc3ccccc3)c2=O)cc1. The molecule has 1 saturated heterocycles. The van der Waals surface area contributed by atoms with Crippen molar-refractivity contribution in [2.45, 2.75) is 6.54 Å². The maximum absolute atomic E-state index is 14.0. The maximum atomic E-state index is 14.0. The maximum Gasteiger partial charge on any atom is 0.336 e. The number of fused-ring (bicyclic) bond motifs is 1. The summed E-state index contributed by atoms with van der Waals surface area (Å²) in [5, 5.41) is 0.986. The Labute approximate surface area is 208 Å². The number of hydrogen-bond acceptors (Lipinski definition) is 5. The van der Waals surface area contributed by atoms with E-state index in [4.69, 9.17) is 16.3 Å². The van der Waals surface area contributed by atoms with Gasteiger partial charge in [-0.25, -0.2) is 9.36 Å². The summed E-state index contributed by atoms with van der Waals surface area (Å²) < 4.78 is 8.15. The van der Waals surface area contributed by atoms with Gasteiger partial charge < -0.3 is 14.5 Å². The molecule has 0 bridgehead atoms. The number of halogens is 1. The molecule has 0 unspecified atom stereocenters. The van der Waals surface area contributed by atoms with Gasteiger partial charge in [0.15, 0.2) is 0 Å². The highest BCUT2D eigenvalue weighted by Gasteiger charge is 2.23. The Morgan fingerprint density at radius 2 is 1.60 bits per heavy atom. The number of methoxy groups -OCH3 is 1. The van der Waals surface area contributed by atoms with Gasteiger partial charge in [-0.1, -0.05) is 41.9 Å². The van der Waals surface area contributed by atoms with E-state index >= 15 is 0 Å². The Morgan fingerprint density at radius 3 is 2.26 bits per heavy atom. The normalized spacial score (nSPS) is 14.4. The average molecular weight is 491 g/mol. The van der Waals surface area contributed by atoms with Gasteiger partial charge in [-0.05, 0) is 49.0 Å². The molecule has 1 aliphatic rings. The van der Waals surface area contributed by atoms with Gasteiger partial charge in [0, 0.05) is 31.2 Å². The second kappa shape index (κ2) is 9.60. The van der Waals surface area contributed by atoms with Crippen LogP contribution in [0.5, 0.6) is 5.75 Å². The van der Waals surface area contributed by atoms with E-state index in [1.54, 1.807) is 42.0 Å². The molecule has 180 valence electrons. The van der Waals surface area contributed by atoms with Crippen molar-refractivity contribution in [3.8, 4) is 11.4 Å². The summed E-state index contributed by atoms with van der Waals surface area (Å²) in [6.45, 7) is 3.61. The van der Waals surface area contributed by atoms with Crippen molar-refractivity contribution in [3.63, 3.8) is 0 Å². The van der Waals surface area contributed by atoms with Crippen LogP contribution in [0, 0.1) is 0 Å². The summed E-state index contributed by atoms with van der Waals surface area (Å²) >= 11 is 6.57. The molecular weight excluding hydrogens is 464 g/mol. The lowest BCUT2D eigenvalue weighted by atomic mass is 10.1. The van der Waals surface area contributed by atoms with Gasteiger partial charge in [-0.15, -0.1) is 0 Å². The van der Waals surface area contributed by atoms with Gasteiger partial charge in [0.05, 0.1) is 35.9 Å². The minimum Gasteiger partial charge on any atom is -0.497 e. The first-order valence-corrected chi connectivity index (χ1v) is 11.9. The zero-order chi connectivity index (χ0) is 24.5. The number of anilines is 1. The minimum atomic E-state index is -0.414. The Morgan fingerprint density at radius 1 is 0.914 bits per heavy atom.